The van der Waals surface area contributed by atoms with Gasteiger partial charge in [-0.05, 0) is 18.9 Å². The van der Waals surface area contributed by atoms with E-state index in [2.05, 4.69) is 25.3 Å². The lowest BCUT2D eigenvalue weighted by Gasteiger charge is -2.05. The van der Waals surface area contributed by atoms with E-state index in [1.807, 2.05) is 18.2 Å². The fourth-order valence-electron chi connectivity index (χ4n) is 3.63. The summed E-state index contributed by atoms with van der Waals surface area (Å²) in [7, 11) is 0. The van der Waals surface area contributed by atoms with E-state index in [0.29, 0.717) is 17.3 Å². The molecule has 5 rings (SSSR count). The second kappa shape index (κ2) is 5.02. The molecular formula is C17H15N5O2. The number of fused-ring (bicyclic) bond motifs is 2. The van der Waals surface area contributed by atoms with E-state index in [-0.39, 0.29) is 11.1 Å². The smallest absolute Gasteiger partial charge is 0.297 e. The third-order valence-electron chi connectivity index (χ3n) is 4.84. The van der Waals surface area contributed by atoms with Crippen LogP contribution in [0, 0.1) is 0 Å². The number of aromatic nitrogens is 5. The fraction of sp³-hybridized carbons (Fsp3) is 0.294. The van der Waals surface area contributed by atoms with Gasteiger partial charge in [-0.2, -0.15) is 5.10 Å². The average Bonchev–Trinajstić information content (AvgIpc) is 3.33. The molecule has 1 aliphatic rings. The topological polar surface area (TPSA) is 100 Å². The molecule has 3 aromatic heterocycles. The van der Waals surface area contributed by atoms with Gasteiger partial charge in [0, 0.05) is 16.9 Å². The highest BCUT2D eigenvalue weighted by Crippen LogP contribution is 2.36. The molecule has 7 nitrogen and oxygen atoms in total. The number of H-pyrrole nitrogens is 2. The first-order valence-corrected chi connectivity index (χ1v) is 8.13. The van der Waals surface area contributed by atoms with Crippen LogP contribution in [0.5, 0.6) is 0 Å². The molecule has 1 saturated carbocycles. The highest BCUT2D eigenvalue weighted by atomic mass is 16.5. The van der Waals surface area contributed by atoms with E-state index in [1.165, 1.54) is 12.8 Å². The molecule has 1 aromatic carbocycles. The monoisotopic (exact) mass is 321 g/mol. The van der Waals surface area contributed by atoms with Crippen LogP contribution in [0.1, 0.15) is 37.3 Å². The molecule has 0 spiro atoms. The van der Waals surface area contributed by atoms with Crippen molar-refractivity contribution in [2.24, 2.45) is 0 Å². The number of nitrogens with zero attached hydrogens (tertiary/aromatic N) is 3. The van der Waals surface area contributed by atoms with Gasteiger partial charge in [0.2, 0.25) is 5.58 Å². The molecule has 3 heterocycles. The van der Waals surface area contributed by atoms with Crippen molar-refractivity contribution in [1.82, 2.24) is 25.3 Å². The van der Waals surface area contributed by atoms with Gasteiger partial charge in [-0.1, -0.05) is 30.1 Å². The maximum atomic E-state index is 12.4. The summed E-state index contributed by atoms with van der Waals surface area (Å²) in [6, 6.07) is 5.77. The molecule has 7 heteroatoms. The Labute approximate surface area is 136 Å². The molecule has 4 aromatic rings. The molecule has 0 aliphatic heterocycles. The first-order chi connectivity index (χ1) is 11.8. The van der Waals surface area contributed by atoms with Crippen molar-refractivity contribution in [3.8, 4) is 11.4 Å². The summed E-state index contributed by atoms with van der Waals surface area (Å²) in [5.41, 5.74) is 3.04. The standard InChI is InChI=1S/C17H15N5O2/c23-17-15-14(13(22-24-15)9-4-1-2-5-9)19-16(20-17)10-6-3-7-12-11(10)8-18-21-12/h3,6-9H,1-2,4-5H2,(H,18,21)(H,19,20,23). The number of aromatic amines is 2. The van der Waals surface area contributed by atoms with Gasteiger partial charge >= 0.3 is 0 Å². The average molecular weight is 321 g/mol. The van der Waals surface area contributed by atoms with Crippen LogP contribution in [0.4, 0.5) is 0 Å². The van der Waals surface area contributed by atoms with Crippen molar-refractivity contribution >= 4 is 22.0 Å². The molecule has 24 heavy (non-hydrogen) atoms. The molecule has 1 fully saturated rings. The molecule has 0 amide bonds. The summed E-state index contributed by atoms with van der Waals surface area (Å²) in [4.78, 5) is 19.9. The zero-order valence-corrected chi connectivity index (χ0v) is 12.9. The predicted octanol–water partition coefficient (Wildman–Crippen LogP) is 3.11. The Morgan fingerprint density at radius 3 is 2.96 bits per heavy atom. The molecule has 0 radical (unpaired) electrons. The van der Waals surface area contributed by atoms with Crippen LogP contribution in [0.3, 0.4) is 0 Å². The molecule has 0 saturated heterocycles. The Balaban J connectivity index is 1.76. The summed E-state index contributed by atoms with van der Waals surface area (Å²) in [6.45, 7) is 0. The van der Waals surface area contributed by atoms with Crippen LogP contribution in [-0.4, -0.2) is 25.3 Å². The number of hydrogen-bond donors (Lipinski definition) is 2. The van der Waals surface area contributed by atoms with Gasteiger partial charge in [-0.3, -0.25) is 9.89 Å². The molecule has 0 bridgehead atoms. The van der Waals surface area contributed by atoms with Gasteiger partial charge in [0.1, 0.15) is 17.0 Å². The van der Waals surface area contributed by atoms with E-state index >= 15 is 0 Å². The largest absolute Gasteiger partial charge is 0.348 e. The Morgan fingerprint density at radius 1 is 1.21 bits per heavy atom. The van der Waals surface area contributed by atoms with E-state index in [9.17, 15) is 4.79 Å². The minimum atomic E-state index is -0.299. The lowest BCUT2D eigenvalue weighted by molar-refractivity contribution is 0.434. The van der Waals surface area contributed by atoms with Crippen LogP contribution < -0.4 is 5.56 Å². The summed E-state index contributed by atoms with van der Waals surface area (Å²) in [5, 5.41) is 12.1. The van der Waals surface area contributed by atoms with Gasteiger partial charge in [-0.15, -0.1) is 0 Å². The quantitative estimate of drug-likeness (QED) is 0.591. The fourth-order valence-corrected chi connectivity index (χ4v) is 3.63. The molecular weight excluding hydrogens is 306 g/mol. The lowest BCUT2D eigenvalue weighted by Crippen LogP contribution is -2.09. The zero-order valence-electron chi connectivity index (χ0n) is 12.9. The molecule has 0 unspecified atom stereocenters. The second-order valence-corrected chi connectivity index (χ2v) is 6.28. The normalized spacial score (nSPS) is 15.7. The van der Waals surface area contributed by atoms with Crippen LogP contribution >= 0.6 is 0 Å². The first kappa shape index (κ1) is 13.5. The highest BCUT2D eigenvalue weighted by Gasteiger charge is 2.25. The van der Waals surface area contributed by atoms with E-state index in [1.54, 1.807) is 6.20 Å². The minimum absolute atomic E-state index is 0.208. The van der Waals surface area contributed by atoms with Crippen molar-refractivity contribution in [1.29, 1.82) is 0 Å². The van der Waals surface area contributed by atoms with Crippen molar-refractivity contribution in [3.05, 3.63) is 40.4 Å². The van der Waals surface area contributed by atoms with E-state index in [0.717, 1.165) is 35.0 Å². The van der Waals surface area contributed by atoms with Crippen molar-refractivity contribution in [2.75, 3.05) is 0 Å². The SMILES string of the molecule is O=c1[nH]c(-c2cccc3[nH]ncc23)nc2c(C3CCCC3)noc12. The van der Waals surface area contributed by atoms with Crippen molar-refractivity contribution < 1.29 is 4.52 Å². The van der Waals surface area contributed by atoms with Crippen molar-refractivity contribution in [3.63, 3.8) is 0 Å². The summed E-state index contributed by atoms with van der Waals surface area (Å²) in [5.74, 6) is 0.847. The molecule has 2 N–H and O–H groups in total. The van der Waals surface area contributed by atoms with E-state index < -0.39 is 0 Å². The Morgan fingerprint density at radius 2 is 2.08 bits per heavy atom. The van der Waals surface area contributed by atoms with Crippen LogP contribution in [0.25, 0.3) is 33.4 Å². The summed E-state index contributed by atoms with van der Waals surface area (Å²) < 4.78 is 5.28. The molecule has 120 valence electrons. The highest BCUT2D eigenvalue weighted by molar-refractivity contribution is 5.93. The summed E-state index contributed by atoms with van der Waals surface area (Å²) in [6.07, 6.45) is 6.25. The van der Waals surface area contributed by atoms with Gasteiger partial charge in [0.15, 0.2) is 0 Å². The number of nitrogens with one attached hydrogen (secondary N) is 2. The van der Waals surface area contributed by atoms with Crippen LogP contribution in [-0.2, 0) is 0 Å². The number of rotatable bonds is 2. The first-order valence-electron chi connectivity index (χ1n) is 8.13. The van der Waals surface area contributed by atoms with Gasteiger partial charge in [0.25, 0.3) is 5.56 Å². The van der Waals surface area contributed by atoms with Gasteiger partial charge < -0.3 is 9.51 Å². The van der Waals surface area contributed by atoms with Gasteiger partial charge in [-0.25, -0.2) is 4.98 Å². The van der Waals surface area contributed by atoms with E-state index in [4.69, 9.17) is 4.52 Å². The van der Waals surface area contributed by atoms with Crippen LogP contribution in [0.2, 0.25) is 0 Å². The Bertz CT molecular complexity index is 1100. The zero-order chi connectivity index (χ0) is 16.1. The third kappa shape index (κ3) is 1.90. The maximum Gasteiger partial charge on any atom is 0.297 e. The summed E-state index contributed by atoms with van der Waals surface area (Å²) >= 11 is 0. The van der Waals surface area contributed by atoms with Crippen LogP contribution in [0.15, 0.2) is 33.7 Å². The predicted molar refractivity (Wildman–Crippen MR) is 88.7 cm³/mol. The number of hydrogen-bond acceptors (Lipinski definition) is 5. The molecule has 0 atom stereocenters. The van der Waals surface area contributed by atoms with Gasteiger partial charge in [0.05, 0.1) is 11.7 Å². The number of benzene rings is 1. The Hall–Kier alpha value is -2.96. The van der Waals surface area contributed by atoms with Crippen molar-refractivity contribution in [2.45, 2.75) is 31.6 Å². The lowest BCUT2D eigenvalue weighted by atomic mass is 10.0. The molecule has 1 aliphatic carbocycles. The Kier molecular flexibility index (Phi) is 2.82. The second-order valence-electron chi connectivity index (χ2n) is 6.28. The minimum Gasteiger partial charge on any atom is -0.348 e. The maximum absolute atomic E-state index is 12.4. The third-order valence-corrected chi connectivity index (χ3v) is 4.84.